The molecule has 4 heteroatoms. The molecule has 13 heavy (non-hydrogen) atoms. The summed E-state index contributed by atoms with van der Waals surface area (Å²) in [7, 11) is 0. The van der Waals surface area contributed by atoms with Crippen LogP contribution < -0.4 is 5.73 Å². The van der Waals surface area contributed by atoms with E-state index >= 15 is 0 Å². The van der Waals surface area contributed by atoms with Crippen molar-refractivity contribution in [2.75, 3.05) is 0 Å². The first-order chi connectivity index (χ1) is 6.07. The first-order valence-electron chi connectivity index (χ1n) is 3.59. The van der Waals surface area contributed by atoms with Gasteiger partial charge < -0.3 is 5.73 Å². The smallest absolute Gasteiger partial charge is 0.194 e. The highest BCUT2D eigenvalue weighted by atomic mass is 19.2. The van der Waals surface area contributed by atoms with Crippen LogP contribution in [0.5, 0.6) is 0 Å². The van der Waals surface area contributed by atoms with Gasteiger partial charge in [0.15, 0.2) is 17.5 Å². The Balaban J connectivity index is 3.25. The minimum absolute atomic E-state index is 0.103. The van der Waals surface area contributed by atoms with Crippen LogP contribution >= 0.6 is 0 Å². The summed E-state index contributed by atoms with van der Waals surface area (Å²) in [5, 5.41) is 0. The summed E-state index contributed by atoms with van der Waals surface area (Å²) in [4.78, 5) is 0. The largest absolute Gasteiger partial charge is 0.321 e. The van der Waals surface area contributed by atoms with Gasteiger partial charge >= 0.3 is 0 Å². The second kappa shape index (κ2) is 3.62. The van der Waals surface area contributed by atoms with Gasteiger partial charge in [-0.15, -0.1) is 6.58 Å². The van der Waals surface area contributed by atoms with E-state index in [2.05, 4.69) is 6.58 Å². The lowest BCUT2D eigenvalue weighted by Gasteiger charge is -2.08. The Hall–Kier alpha value is -1.29. The Labute approximate surface area is 73.7 Å². The molecule has 0 saturated carbocycles. The maximum Gasteiger partial charge on any atom is 0.194 e. The highest BCUT2D eigenvalue weighted by Crippen LogP contribution is 2.20. The molecule has 0 saturated heterocycles. The van der Waals surface area contributed by atoms with Gasteiger partial charge in [0.05, 0.1) is 6.04 Å². The fourth-order valence-electron chi connectivity index (χ4n) is 0.925. The predicted octanol–water partition coefficient (Wildman–Crippen LogP) is 2.29. The standard InChI is InChI=1S/C9H8F3N/c1-2-7(13)5-3-4-6(10)9(12)8(5)11/h2-4,7H,1,13H2/t7-/m0/s1. The lowest BCUT2D eigenvalue weighted by Crippen LogP contribution is -2.10. The molecule has 1 aromatic carbocycles. The minimum atomic E-state index is -1.50. The van der Waals surface area contributed by atoms with E-state index < -0.39 is 23.5 Å². The molecular weight excluding hydrogens is 179 g/mol. The molecule has 0 aromatic heterocycles. The van der Waals surface area contributed by atoms with Gasteiger partial charge in [0.25, 0.3) is 0 Å². The third kappa shape index (κ3) is 1.72. The average molecular weight is 187 g/mol. The number of hydrogen-bond acceptors (Lipinski definition) is 1. The van der Waals surface area contributed by atoms with Crippen LogP contribution in [0.1, 0.15) is 11.6 Å². The molecule has 0 aliphatic carbocycles. The summed E-state index contributed by atoms with van der Waals surface area (Å²) < 4.78 is 38.1. The predicted molar refractivity (Wildman–Crippen MR) is 43.4 cm³/mol. The number of hydrogen-bond donors (Lipinski definition) is 1. The van der Waals surface area contributed by atoms with Crippen LogP contribution in [0.4, 0.5) is 13.2 Å². The van der Waals surface area contributed by atoms with Crippen molar-refractivity contribution in [3.8, 4) is 0 Å². The van der Waals surface area contributed by atoms with E-state index in [4.69, 9.17) is 5.73 Å². The first kappa shape index (κ1) is 9.80. The van der Waals surface area contributed by atoms with E-state index in [-0.39, 0.29) is 5.56 Å². The molecule has 0 spiro atoms. The van der Waals surface area contributed by atoms with Crippen LogP contribution in [0.25, 0.3) is 0 Å². The Morgan fingerprint density at radius 2 is 1.85 bits per heavy atom. The van der Waals surface area contributed by atoms with Crippen LogP contribution in [0.15, 0.2) is 24.8 Å². The van der Waals surface area contributed by atoms with Crippen molar-refractivity contribution >= 4 is 0 Å². The number of nitrogens with two attached hydrogens (primary N) is 1. The van der Waals surface area contributed by atoms with Crippen molar-refractivity contribution in [2.24, 2.45) is 5.73 Å². The average Bonchev–Trinajstić information content (AvgIpc) is 2.13. The fraction of sp³-hybridized carbons (Fsp3) is 0.111. The van der Waals surface area contributed by atoms with Gasteiger partial charge in [0.1, 0.15) is 0 Å². The molecule has 1 rings (SSSR count). The maximum atomic E-state index is 13.0. The van der Waals surface area contributed by atoms with Gasteiger partial charge in [-0.25, -0.2) is 13.2 Å². The zero-order valence-electron chi connectivity index (χ0n) is 6.73. The topological polar surface area (TPSA) is 26.0 Å². The van der Waals surface area contributed by atoms with E-state index in [1.54, 1.807) is 0 Å². The van der Waals surface area contributed by atoms with Gasteiger partial charge in [0.2, 0.25) is 0 Å². The Morgan fingerprint density at radius 3 is 2.38 bits per heavy atom. The molecule has 0 bridgehead atoms. The highest BCUT2D eigenvalue weighted by Gasteiger charge is 2.15. The number of benzene rings is 1. The van der Waals surface area contributed by atoms with E-state index in [9.17, 15) is 13.2 Å². The van der Waals surface area contributed by atoms with E-state index in [1.165, 1.54) is 6.08 Å². The Morgan fingerprint density at radius 1 is 1.23 bits per heavy atom. The molecular formula is C9H8F3N. The van der Waals surface area contributed by atoms with Gasteiger partial charge in [0, 0.05) is 5.56 Å². The van der Waals surface area contributed by atoms with Crippen molar-refractivity contribution in [1.29, 1.82) is 0 Å². The Bertz CT molecular complexity index is 336. The van der Waals surface area contributed by atoms with Crippen molar-refractivity contribution in [2.45, 2.75) is 6.04 Å². The molecule has 1 nitrogen and oxygen atoms in total. The van der Waals surface area contributed by atoms with Crippen LogP contribution in [-0.2, 0) is 0 Å². The fourth-order valence-corrected chi connectivity index (χ4v) is 0.925. The quantitative estimate of drug-likeness (QED) is 0.558. The van der Waals surface area contributed by atoms with E-state index in [0.717, 1.165) is 12.1 Å². The summed E-state index contributed by atoms with van der Waals surface area (Å²) >= 11 is 0. The van der Waals surface area contributed by atoms with Crippen molar-refractivity contribution in [1.82, 2.24) is 0 Å². The molecule has 0 amide bonds. The van der Waals surface area contributed by atoms with Crippen LogP contribution in [0.2, 0.25) is 0 Å². The van der Waals surface area contributed by atoms with E-state index in [1.807, 2.05) is 0 Å². The highest BCUT2D eigenvalue weighted by molar-refractivity contribution is 5.25. The summed E-state index contributed by atoms with van der Waals surface area (Å²) in [6.45, 7) is 3.32. The molecule has 1 atom stereocenters. The molecule has 2 N–H and O–H groups in total. The van der Waals surface area contributed by atoms with E-state index in [0.29, 0.717) is 0 Å². The molecule has 1 aromatic rings. The van der Waals surface area contributed by atoms with Gasteiger partial charge in [-0.05, 0) is 6.07 Å². The molecule has 0 heterocycles. The molecule has 0 unspecified atom stereocenters. The second-order valence-corrected chi connectivity index (χ2v) is 2.53. The first-order valence-corrected chi connectivity index (χ1v) is 3.59. The molecule has 0 aliphatic heterocycles. The SMILES string of the molecule is C=C[C@H](N)c1ccc(F)c(F)c1F. The molecule has 0 aliphatic rings. The van der Waals surface area contributed by atoms with Crippen LogP contribution in [0.3, 0.4) is 0 Å². The molecule has 0 radical (unpaired) electrons. The van der Waals surface area contributed by atoms with Crippen LogP contribution in [-0.4, -0.2) is 0 Å². The Kier molecular flexibility index (Phi) is 2.72. The molecule has 0 fully saturated rings. The summed E-state index contributed by atoms with van der Waals surface area (Å²) in [5.41, 5.74) is 5.26. The third-order valence-corrected chi connectivity index (χ3v) is 1.68. The number of halogens is 3. The summed E-state index contributed by atoms with van der Waals surface area (Å²) in [5.74, 6) is -3.99. The zero-order chi connectivity index (χ0) is 10.0. The number of rotatable bonds is 2. The monoisotopic (exact) mass is 187 g/mol. The zero-order valence-corrected chi connectivity index (χ0v) is 6.73. The van der Waals surface area contributed by atoms with Gasteiger partial charge in [-0.3, -0.25) is 0 Å². The normalized spacial score (nSPS) is 12.6. The van der Waals surface area contributed by atoms with Crippen molar-refractivity contribution < 1.29 is 13.2 Å². The summed E-state index contributed by atoms with van der Waals surface area (Å²) in [6, 6.07) is 1.10. The minimum Gasteiger partial charge on any atom is -0.321 e. The van der Waals surface area contributed by atoms with Crippen LogP contribution in [0, 0.1) is 17.5 Å². The maximum absolute atomic E-state index is 13.0. The summed E-state index contributed by atoms with van der Waals surface area (Å²) in [6.07, 6.45) is 1.25. The lowest BCUT2D eigenvalue weighted by atomic mass is 10.1. The second-order valence-electron chi connectivity index (χ2n) is 2.53. The van der Waals surface area contributed by atoms with Crippen molar-refractivity contribution in [3.05, 3.63) is 47.8 Å². The van der Waals surface area contributed by atoms with Gasteiger partial charge in [-0.1, -0.05) is 12.1 Å². The van der Waals surface area contributed by atoms with Crippen molar-refractivity contribution in [3.63, 3.8) is 0 Å². The van der Waals surface area contributed by atoms with Gasteiger partial charge in [-0.2, -0.15) is 0 Å². The lowest BCUT2D eigenvalue weighted by molar-refractivity contribution is 0.439. The third-order valence-electron chi connectivity index (χ3n) is 1.68. The molecule has 70 valence electrons.